The van der Waals surface area contributed by atoms with E-state index in [0.29, 0.717) is 13.1 Å². The number of halogens is 1. The fraction of sp³-hybridized carbons (Fsp3) is 0.625. The van der Waals surface area contributed by atoms with Gasteiger partial charge in [0.1, 0.15) is 4.90 Å². The summed E-state index contributed by atoms with van der Waals surface area (Å²) < 4.78 is 25.6. The van der Waals surface area contributed by atoms with Crippen LogP contribution in [-0.2, 0) is 10.0 Å². The summed E-state index contributed by atoms with van der Waals surface area (Å²) >= 11 is 3.45. The second-order valence-electron chi connectivity index (χ2n) is 3.54. The molecule has 1 aliphatic heterocycles. The Morgan fingerprint density at radius 2 is 2.40 bits per heavy atom. The molecule has 1 saturated heterocycles. The predicted molar refractivity (Wildman–Crippen MR) is 59.3 cm³/mol. The lowest BCUT2D eigenvalue weighted by atomic mass is 10.2. The van der Waals surface area contributed by atoms with Crippen LogP contribution in [0.4, 0.5) is 0 Å². The van der Waals surface area contributed by atoms with Gasteiger partial charge in [0.2, 0.25) is 10.0 Å². The zero-order valence-corrected chi connectivity index (χ0v) is 10.5. The van der Waals surface area contributed by atoms with Crippen molar-refractivity contribution in [1.29, 1.82) is 0 Å². The van der Waals surface area contributed by atoms with Crippen molar-refractivity contribution < 1.29 is 8.42 Å². The summed E-state index contributed by atoms with van der Waals surface area (Å²) in [6.07, 6.45) is 4.67. The number of hydrogen-bond acceptors (Lipinski definition) is 3. The summed E-state index contributed by atoms with van der Waals surface area (Å²) in [6.45, 7) is 1.13. The maximum atomic E-state index is 12.0. The number of aromatic nitrogens is 2. The van der Waals surface area contributed by atoms with Crippen molar-refractivity contribution in [2.24, 2.45) is 0 Å². The van der Waals surface area contributed by atoms with Crippen LogP contribution in [-0.4, -0.2) is 40.8 Å². The SMILES string of the molecule is O=S(=O)(c1cn[nH]c1)N1CCCC(Br)C1. The molecule has 1 fully saturated rings. The van der Waals surface area contributed by atoms with E-state index < -0.39 is 10.0 Å². The van der Waals surface area contributed by atoms with Gasteiger partial charge in [-0.05, 0) is 12.8 Å². The maximum absolute atomic E-state index is 12.0. The fourth-order valence-electron chi connectivity index (χ4n) is 1.64. The van der Waals surface area contributed by atoms with Crippen molar-refractivity contribution in [3.05, 3.63) is 12.4 Å². The Morgan fingerprint density at radius 1 is 1.60 bits per heavy atom. The first-order chi connectivity index (χ1) is 7.10. The number of alkyl halides is 1. The molecule has 5 nitrogen and oxygen atoms in total. The molecule has 0 spiro atoms. The molecule has 0 amide bonds. The minimum atomic E-state index is -3.34. The lowest BCUT2D eigenvalue weighted by molar-refractivity contribution is 0.356. The number of H-pyrrole nitrogens is 1. The van der Waals surface area contributed by atoms with Gasteiger partial charge in [-0.25, -0.2) is 8.42 Å². The van der Waals surface area contributed by atoms with E-state index in [1.165, 1.54) is 16.7 Å². The minimum absolute atomic E-state index is 0.240. The molecule has 0 aromatic carbocycles. The molecule has 0 aliphatic carbocycles. The number of aromatic amines is 1. The third-order valence-corrected chi connectivity index (χ3v) is 5.02. The van der Waals surface area contributed by atoms with Crippen LogP contribution in [0.1, 0.15) is 12.8 Å². The molecule has 2 heterocycles. The van der Waals surface area contributed by atoms with Crippen molar-refractivity contribution in [2.45, 2.75) is 22.6 Å². The lowest BCUT2D eigenvalue weighted by Gasteiger charge is -2.28. The molecule has 84 valence electrons. The molecule has 1 aromatic heterocycles. The summed E-state index contributed by atoms with van der Waals surface area (Å²) in [5.74, 6) is 0. The van der Waals surface area contributed by atoms with Crippen LogP contribution in [0.2, 0.25) is 0 Å². The van der Waals surface area contributed by atoms with Gasteiger partial charge in [0.15, 0.2) is 0 Å². The Kier molecular flexibility index (Phi) is 3.13. The fourth-order valence-corrected chi connectivity index (χ4v) is 3.94. The number of hydrogen-bond donors (Lipinski definition) is 1. The Labute approximate surface area is 97.0 Å². The monoisotopic (exact) mass is 293 g/mol. The predicted octanol–water partition coefficient (Wildman–Crippen LogP) is 0.958. The highest BCUT2D eigenvalue weighted by atomic mass is 79.9. The molecular formula is C8H12BrN3O2S. The van der Waals surface area contributed by atoms with Crippen molar-refractivity contribution in [2.75, 3.05) is 13.1 Å². The topological polar surface area (TPSA) is 66.1 Å². The molecule has 1 atom stereocenters. The zero-order valence-electron chi connectivity index (χ0n) is 8.06. The number of nitrogens with one attached hydrogen (secondary N) is 1. The minimum Gasteiger partial charge on any atom is -0.284 e. The van der Waals surface area contributed by atoms with E-state index in [-0.39, 0.29) is 9.72 Å². The van der Waals surface area contributed by atoms with E-state index in [1.807, 2.05) is 0 Å². The number of nitrogens with zero attached hydrogens (tertiary/aromatic N) is 2. The van der Waals surface area contributed by atoms with Crippen LogP contribution in [0, 0.1) is 0 Å². The Bertz CT molecular complexity index is 417. The summed E-state index contributed by atoms with van der Waals surface area (Å²) in [5.41, 5.74) is 0. The van der Waals surface area contributed by atoms with Crippen LogP contribution in [0.5, 0.6) is 0 Å². The highest BCUT2D eigenvalue weighted by Gasteiger charge is 2.29. The maximum Gasteiger partial charge on any atom is 0.246 e. The first-order valence-electron chi connectivity index (χ1n) is 4.74. The Balaban J connectivity index is 2.22. The van der Waals surface area contributed by atoms with Gasteiger partial charge in [-0.1, -0.05) is 15.9 Å². The second-order valence-corrected chi connectivity index (χ2v) is 6.77. The van der Waals surface area contributed by atoms with Gasteiger partial charge in [-0.3, -0.25) is 5.10 Å². The van der Waals surface area contributed by atoms with Gasteiger partial charge in [0.05, 0.1) is 6.20 Å². The highest BCUT2D eigenvalue weighted by molar-refractivity contribution is 9.09. The molecule has 1 aromatic rings. The van der Waals surface area contributed by atoms with Crippen molar-refractivity contribution >= 4 is 26.0 Å². The van der Waals surface area contributed by atoms with Gasteiger partial charge >= 0.3 is 0 Å². The van der Waals surface area contributed by atoms with E-state index >= 15 is 0 Å². The van der Waals surface area contributed by atoms with Gasteiger partial charge in [-0.2, -0.15) is 9.40 Å². The second kappa shape index (κ2) is 4.23. The van der Waals surface area contributed by atoms with E-state index in [9.17, 15) is 8.42 Å². The van der Waals surface area contributed by atoms with Crippen LogP contribution < -0.4 is 0 Å². The summed E-state index contributed by atoms with van der Waals surface area (Å²) in [4.78, 5) is 0.497. The van der Waals surface area contributed by atoms with Crippen molar-refractivity contribution in [3.63, 3.8) is 0 Å². The molecule has 1 aliphatic rings. The number of rotatable bonds is 2. The molecule has 15 heavy (non-hydrogen) atoms. The first-order valence-corrected chi connectivity index (χ1v) is 7.09. The standard InChI is InChI=1S/C8H12BrN3O2S/c9-7-2-1-3-12(6-7)15(13,14)8-4-10-11-5-8/h4-5,7H,1-3,6H2,(H,10,11). The van der Waals surface area contributed by atoms with Crippen LogP contribution in [0.25, 0.3) is 0 Å². The Morgan fingerprint density at radius 3 is 3.00 bits per heavy atom. The number of piperidine rings is 1. The highest BCUT2D eigenvalue weighted by Crippen LogP contribution is 2.22. The molecule has 1 unspecified atom stereocenters. The van der Waals surface area contributed by atoms with Crippen molar-refractivity contribution in [3.8, 4) is 0 Å². The van der Waals surface area contributed by atoms with Gasteiger partial charge < -0.3 is 0 Å². The first kappa shape index (κ1) is 11.1. The van der Waals surface area contributed by atoms with E-state index in [4.69, 9.17) is 0 Å². The summed E-state index contributed by atoms with van der Waals surface area (Å²) in [7, 11) is -3.34. The number of sulfonamides is 1. The van der Waals surface area contributed by atoms with E-state index in [2.05, 4.69) is 26.1 Å². The Hall–Kier alpha value is -0.400. The van der Waals surface area contributed by atoms with E-state index in [1.54, 1.807) is 0 Å². The molecule has 7 heteroatoms. The van der Waals surface area contributed by atoms with Crippen molar-refractivity contribution in [1.82, 2.24) is 14.5 Å². The molecule has 0 radical (unpaired) electrons. The molecule has 0 saturated carbocycles. The van der Waals surface area contributed by atoms with Crippen LogP contribution >= 0.6 is 15.9 Å². The molecule has 2 rings (SSSR count). The summed E-state index contributed by atoms with van der Waals surface area (Å²) in [6, 6.07) is 0. The van der Waals surface area contributed by atoms with Crippen LogP contribution in [0.3, 0.4) is 0 Å². The average molecular weight is 294 g/mol. The lowest BCUT2D eigenvalue weighted by Crippen LogP contribution is -2.40. The average Bonchev–Trinajstić information content (AvgIpc) is 2.71. The van der Waals surface area contributed by atoms with Gasteiger partial charge in [0, 0.05) is 24.1 Å². The summed E-state index contributed by atoms with van der Waals surface area (Å²) in [5, 5.41) is 6.18. The smallest absolute Gasteiger partial charge is 0.246 e. The van der Waals surface area contributed by atoms with Gasteiger partial charge in [0.25, 0.3) is 0 Å². The molecule has 0 bridgehead atoms. The third-order valence-electron chi connectivity index (χ3n) is 2.44. The van der Waals surface area contributed by atoms with Gasteiger partial charge in [-0.15, -0.1) is 0 Å². The molecular weight excluding hydrogens is 282 g/mol. The van der Waals surface area contributed by atoms with Crippen LogP contribution in [0.15, 0.2) is 17.3 Å². The van der Waals surface area contributed by atoms with E-state index in [0.717, 1.165) is 12.8 Å². The molecule has 1 N–H and O–H groups in total. The zero-order chi connectivity index (χ0) is 10.9. The quantitative estimate of drug-likeness (QED) is 0.826. The largest absolute Gasteiger partial charge is 0.284 e. The third kappa shape index (κ3) is 2.24. The normalized spacial score (nSPS) is 24.2.